The summed E-state index contributed by atoms with van der Waals surface area (Å²) >= 11 is 6.02. The van der Waals surface area contributed by atoms with Gasteiger partial charge in [-0.25, -0.2) is 8.42 Å². The van der Waals surface area contributed by atoms with Crippen molar-refractivity contribution in [2.24, 2.45) is 0 Å². The third-order valence-corrected chi connectivity index (χ3v) is 5.66. The van der Waals surface area contributed by atoms with Crippen molar-refractivity contribution in [1.29, 1.82) is 0 Å². The number of anilines is 2. The maximum Gasteiger partial charge on any atom is 0.248 e. The summed E-state index contributed by atoms with van der Waals surface area (Å²) in [6.07, 6.45) is 1.44. The topological polar surface area (TPSA) is 66.5 Å². The van der Waals surface area contributed by atoms with Crippen LogP contribution in [0.4, 0.5) is 11.4 Å². The average molecular weight is 409 g/mol. The van der Waals surface area contributed by atoms with Crippen molar-refractivity contribution in [2.45, 2.75) is 40.2 Å². The van der Waals surface area contributed by atoms with E-state index in [-0.39, 0.29) is 0 Å². The van der Waals surface area contributed by atoms with Crippen molar-refractivity contribution < 1.29 is 13.2 Å². The van der Waals surface area contributed by atoms with E-state index in [2.05, 4.69) is 5.32 Å². The van der Waals surface area contributed by atoms with Gasteiger partial charge in [0.15, 0.2) is 0 Å². The number of carbonyl (C=O) groups is 1. The Bertz CT molecular complexity index is 937. The molecule has 27 heavy (non-hydrogen) atoms. The highest BCUT2D eigenvalue weighted by Crippen LogP contribution is 2.27. The zero-order valence-corrected chi connectivity index (χ0v) is 17.8. The van der Waals surface area contributed by atoms with Gasteiger partial charge in [-0.1, -0.05) is 30.7 Å². The molecule has 2 aromatic carbocycles. The third kappa shape index (κ3) is 5.23. The summed E-state index contributed by atoms with van der Waals surface area (Å²) in [5.74, 6) is -0.396. The molecule has 0 aliphatic rings. The molecule has 0 bridgehead atoms. The van der Waals surface area contributed by atoms with Gasteiger partial charge in [0, 0.05) is 10.7 Å². The minimum Gasteiger partial charge on any atom is -0.324 e. The van der Waals surface area contributed by atoms with E-state index in [9.17, 15) is 13.2 Å². The van der Waals surface area contributed by atoms with Crippen LogP contribution >= 0.6 is 11.6 Å². The number of benzene rings is 2. The molecule has 0 radical (unpaired) electrons. The van der Waals surface area contributed by atoms with Crippen molar-refractivity contribution in [2.75, 3.05) is 15.9 Å². The summed E-state index contributed by atoms with van der Waals surface area (Å²) in [5.41, 5.74) is 3.76. The van der Waals surface area contributed by atoms with Gasteiger partial charge in [0.25, 0.3) is 0 Å². The summed E-state index contributed by atoms with van der Waals surface area (Å²) in [6, 6.07) is 9.83. The first-order valence-corrected chi connectivity index (χ1v) is 10.9. The fraction of sp³-hybridized carbons (Fsp3) is 0.350. The second-order valence-electron chi connectivity index (χ2n) is 6.78. The summed E-state index contributed by atoms with van der Waals surface area (Å²) in [5, 5.41) is 3.32. The fourth-order valence-corrected chi connectivity index (χ4v) is 4.45. The molecule has 0 aliphatic heterocycles. The maximum absolute atomic E-state index is 13.0. The van der Waals surface area contributed by atoms with Gasteiger partial charge < -0.3 is 5.32 Å². The number of nitrogens with one attached hydrogen (secondary N) is 1. The lowest BCUT2D eigenvalue weighted by Crippen LogP contribution is -2.47. The van der Waals surface area contributed by atoms with E-state index < -0.39 is 22.0 Å². The smallest absolute Gasteiger partial charge is 0.248 e. The number of hydrogen-bond acceptors (Lipinski definition) is 3. The Labute approximate surface area is 166 Å². The van der Waals surface area contributed by atoms with Crippen molar-refractivity contribution in [3.05, 3.63) is 58.1 Å². The Hall–Kier alpha value is -2.05. The zero-order chi connectivity index (χ0) is 20.4. The van der Waals surface area contributed by atoms with Crippen molar-refractivity contribution in [1.82, 2.24) is 0 Å². The number of amides is 1. The second kappa shape index (κ2) is 8.31. The van der Waals surface area contributed by atoms with E-state index in [1.807, 2.05) is 26.8 Å². The van der Waals surface area contributed by atoms with Crippen LogP contribution in [0.25, 0.3) is 0 Å². The molecule has 5 nitrogen and oxygen atoms in total. The summed E-state index contributed by atoms with van der Waals surface area (Å²) in [7, 11) is -3.67. The van der Waals surface area contributed by atoms with Crippen LogP contribution in [0.1, 0.15) is 30.0 Å². The van der Waals surface area contributed by atoms with Gasteiger partial charge in [0.1, 0.15) is 6.04 Å². The van der Waals surface area contributed by atoms with Crippen molar-refractivity contribution in [3.8, 4) is 0 Å². The molecule has 2 aromatic rings. The molecule has 0 saturated carbocycles. The molecular weight excluding hydrogens is 384 g/mol. The first-order chi connectivity index (χ1) is 12.5. The number of carbonyl (C=O) groups excluding carboxylic acids is 1. The van der Waals surface area contributed by atoms with Crippen LogP contribution in [-0.2, 0) is 14.8 Å². The van der Waals surface area contributed by atoms with Gasteiger partial charge in [-0.05, 0) is 68.1 Å². The Kier molecular flexibility index (Phi) is 6.54. The molecule has 1 unspecified atom stereocenters. The van der Waals surface area contributed by atoms with Crippen LogP contribution in [0.3, 0.4) is 0 Å². The van der Waals surface area contributed by atoms with Crippen molar-refractivity contribution in [3.63, 3.8) is 0 Å². The molecule has 1 atom stereocenters. The average Bonchev–Trinajstić information content (AvgIpc) is 2.53. The molecule has 2 rings (SSSR count). The minimum absolute atomic E-state index is 0.325. The molecule has 0 aromatic heterocycles. The normalized spacial score (nSPS) is 12.5. The molecular formula is C20H25ClN2O3S. The van der Waals surface area contributed by atoms with Crippen LogP contribution in [0.2, 0.25) is 5.02 Å². The first kappa shape index (κ1) is 21.3. The number of halogens is 1. The Morgan fingerprint density at radius 2 is 1.70 bits per heavy atom. The van der Waals surface area contributed by atoms with Crippen LogP contribution < -0.4 is 9.62 Å². The molecule has 0 heterocycles. The van der Waals surface area contributed by atoms with Gasteiger partial charge >= 0.3 is 0 Å². The van der Waals surface area contributed by atoms with E-state index in [4.69, 9.17) is 11.6 Å². The van der Waals surface area contributed by atoms with Crippen molar-refractivity contribution >= 4 is 38.9 Å². The largest absolute Gasteiger partial charge is 0.324 e. The molecule has 1 amide bonds. The quantitative estimate of drug-likeness (QED) is 0.767. The van der Waals surface area contributed by atoms with E-state index >= 15 is 0 Å². The molecule has 0 spiro atoms. The standard InChI is InChI=1S/C20H25ClN2O3S/c1-6-19(20(24)22-18-12-16(21)8-7-15(18)4)23(27(5,25)26)17-10-13(2)9-14(3)11-17/h7-12,19H,6H2,1-5H3,(H,22,24). The third-order valence-electron chi connectivity index (χ3n) is 4.25. The second-order valence-corrected chi connectivity index (χ2v) is 9.07. The molecule has 7 heteroatoms. The fourth-order valence-electron chi connectivity index (χ4n) is 3.08. The molecule has 1 N–H and O–H groups in total. The SMILES string of the molecule is CCC(C(=O)Nc1cc(Cl)ccc1C)N(c1cc(C)cc(C)c1)S(C)(=O)=O. The number of sulfonamides is 1. The van der Waals surface area contributed by atoms with Gasteiger partial charge in [-0.3, -0.25) is 9.10 Å². The zero-order valence-electron chi connectivity index (χ0n) is 16.2. The Morgan fingerprint density at radius 3 is 2.22 bits per heavy atom. The first-order valence-electron chi connectivity index (χ1n) is 8.67. The van der Waals surface area contributed by atoms with Crippen LogP contribution in [0, 0.1) is 20.8 Å². The maximum atomic E-state index is 13.0. The lowest BCUT2D eigenvalue weighted by molar-refractivity contribution is -0.117. The number of hydrogen-bond donors (Lipinski definition) is 1. The van der Waals surface area contributed by atoms with E-state index in [1.165, 1.54) is 4.31 Å². The van der Waals surface area contributed by atoms with Gasteiger partial charge in [0.05, 0.1) is 11.9 Å². The molecule has 0 fully saturated rings. The highest BCUT2D eigenvalue weighted by Gasteiger charge is 2.32. The van der Waals surface area contributed by atoms with E-state index in [0.717, 1.165) is 22.9 Å². The summed E-state index contributed by atoms with van der Waals surface area (Å²) in [4.78, 5) is 13.0. The predicted molar refractivity (Wildman–Crippen MR) is 112 cm³/mol. The van der Waals surface area contributed by atoms with E-state index in [0.29, 0.717) is 22.8 Å². The Morgan fingerprint density at radius 1 is 1.11 bits per heavy atom. The van der Waals surface area contributed by atoms with Gasteiger partial charge in [-0.2, -0.15) is 0 Å². The number of rotatable bonds is 6. The highest BCUT2D eigenvalue weighted by atomic mass is 35.5. The molecule has 0 saturated heterocycles. The Balaban J connectivity index is 2.46. The molecule has 146 valence electrons. The monoisotopic (exact) mass is 408 g/mol. The summed E-state index contributed by atoms with van der Waals surface area (Å²) < 4.78 is 26.3. The highest BCUT2D eigenvalue weighted by molar-refractivity contribution is 7.92. The number of aryl methyl sites for hydroxylation is 3. The minimum atomic E-state index is -3.67. The van der Waals surface area contributed by atoms with E-state index in [1.54, 1.807) is 37.3 Å². The number of nitrogens with zero attached hydrogens (tertiary/aromatic N) is 1. The van der Waals surface area contributed by atoms with Gasteiger partial charge in [0.2, 0.25) is 15.9 Å². The van der Waals surface area contributed by atoms with Gasteiger partial charge in [-0.15, -0.1) is 0 Å². The predicted octanol–water partition coefficient (Wildman–Crippen LogP) is 4.45. The lowest BCUT2D eigenvalue weighted by Gasteiger charge is -2.30. The van der Waals surface area contributed by atoms with Crippen LogP contribution in [0.15, 0.2) is 36.4 Å². The molecule has 0 aliphatic carbocycles. The van der Waals surface area contributed by atoms with Crippen LogP contribution in [-0.4, -0.2) is 26.6 Å². The van der Waals surface area contributed by atoms with Crippen LogP contribution in [0.5, 0.6) is 0 Å². The lowest BCUT2D eigenvalue weighted by atomic mass is 10.1. The summed E-state index contributed by atoms with van der Waals surface area (Å²) in [6.45, 7) is 7.43.